The summed E-state index contributed by atoms with van der Waals surface area (Å²) in [6, 6.07) is 1.54. The van der Waals surface area contributed by atoms with Crippen LogP contribution in [-0.4, -0.2) is 215 Å². The van der Waals surface area contributed by atoms with Gasteiger partial charge in [0.05, 0.1) is 45.6 Å². The summed E-state index contributed by atoms with van der Waals surface area (Å²) in [5, 5.41) is 30.4. The van der Waals surface area contributed by atoms with Crippen LogP contribution in [0.2, 0.25) is 0 Å². The van der Waals surface area contributed by atoms with Gasteiger partial charge in [0.15, 0.2) is 0 Å². The van der Waals surface area contributed by atoms with Crippen molar-refractivity contribution in [1.29, 1.82) is 0 Å². The van der Waals surface area contributed by atoms with Gasteiger partial charge in [-0.3, -0.25) is 48.3 Å². The molecule has 1 fully saturated rings. The lowest BCUT2D eigenvalue weighted by molar-refractivity contribution is -0.159. The number of carboxylic acids is 1. The number of amides is 8. The fourth-order valence-electron chi connectivity index (χ4n) is 8.66. The smallest absolute Gasteiger partial charge is 0.329 e. The maximum absolute atomic E-state index is 15.1. The number of aliphatic carboxylic acids is 1. The number of carbonyl (C=O) groups excluding carboxylic acids is 9. The fourth-order valence-corrected chi connectivity index (χ4v) is 11.2. The summed E-state index contributed by atoms with van der Waals surface area (Å²) in [6.45, 7) is 7.33. The number of thioether (sulfide) groups is 2. The van der Waals surface area contributed by atoms with Gasteiger partial charge in [-0.05, 0) is 56.2 Å². The Morgan fingerprint density at radius 1 is 0.833 bits per heavy atom. The van der Waals surface area contributed by atoms with E-state index in [-0.39, 0.29) is 17.1 Å². The van der Waals surface area contributed by atoms with Crippen molar-refractivity contribution in [3.63, 3.8) is 0 Å². The highest BCUT2D eigenvalue weighted by Crippen LogP contribution is 2.32. The van der Waals surface area contributed by atoms with Crippen molar-refractivity contribution in [3.8, 4) is 0 Å². The van der Waals surface area contributed by atoms with Gasteiger partial charge >= 0.3 is 11.9 Å². The Bertz CT molecular complexity index is 2920. The second-order valence-corrected chi connectivity index (χ2v) is 21.7. The standard InChI is InChI=1S/C51H66N12O13S2/c1-25(2)38(49(73)74)61(8)48(72)40-51(77-11)78-24-37(60(7)45(69)27(5)54-43(67)35(22-64)58-41(65)33-20-52-29-16-12-14-18-31(29)56-33)47(71)62(9)39(26(3)4)50(75)76-23-36(44(68)55-28(6)46(70)63(40)10)59-42(66)34-21-53-30-17-13-15-19-32(30)57-34/h12-21,25-28,35-40,51,64H,22-24H2,1-11H3,(H,54,67)(H,55,68)(H,58,65)(H,59,66)(H,73,74)/t27-,28-,35+,36+,37-,38-,39-,40+,51-/m0/s1. The van der Waals surface area contributed by atoms with E-state index >= 15 is 4.79 Å². The van der Waals surface area contributed by atoms with Crippen LogP contribution in [0.3, 0.4) is 0 Å². The van der Waals surface area contributed by atoms with E-state index in [1.54, 1.807) is 82.5 Å². The molecular formula is C51H66N12O13S2. The minimum atomic E-state index is -1.69. The Labute approximate surface area is 458 Å². The normalized spacial score (nSPS) is 21.2. The zero-order chi connectivity index (χ0) is 57.9. The highest BCUT2D eigenvalue weighted by atomic mass is 32.2. The molecule has 1 aliphatic rings. The molecule has 9 atom stereocenters. The molecule has 0 spiro atoms. The minimum absolute atomic E-state index is 0.155. The predicted molar refractivity (Wildman–Crippen MR) is 288 cm³/mol. The van der Waals surface area contributed by atoms with Gasteiger partial charge in [-0.1, -0.05) is 52.0 Å². The Hall–Kier alpha value is -7.52. The van der Waals surface area contributed by atoms with Crippen LogP contribution in [0, 0.1) is 11.8 Å². The highest BCUT2D eigenvalue weighted by Gasteiger charge is 2.45. The van der Waals surface area contributed by atoms with E-state index in [2.05, 4.69) is 41.2 Å². The number of nitrogens with zero attached hydrogens (tertiary/aromatic N) is 8. The first-order valence-electron chi connectivity index (χ1n) is 24.7. The third kappa shape index (κ3) is 14.5. The Morgan fingerprint density at radius 2 is 1.38 bits per heavy atom. The molecule has 5 rings (SSSR count). The largest absolute Gasteiger partial charge is 0.480 e. The van der Waals surface area contributed by atoms with Crippen LogP contribution in [0.15, 0.2) is 60.9 Å². The van der Waals surface area contributed by atoms with Crippen molar-refractivity contribution in [2.45, 2.75) is 94.5 Å². The number of esters is 1. The molecule has 0 saturated carbocycles. The number of aromatic nitrogens is 4. The minimum Gasteiger partial charge on any atom is -0.480 e. The van der Waals surface area contributed by atoms with Gasteiger partial charge in [-0.15, -0.1) is 23.5 Å². The van der Waals surface area contributed by atoms with Crippen LogP contribution >= 0.6 is 23.5 Å². The molecule has 3 heterocycles. The molecule has 27 heteroatoms. The Morgan fingerprint density at radius 3 is 1.90 bits per heavy atom. The van der Waals surface area contributed by atoms with Crippen LogP contribution in [0.25, 0.3) is 22.1 Å². The van der Waals surface area contributed by atoms with Crippen molar-refractivity contribution in [3.05, 3.63) is 72.3 Å². The van der Waals surface area contributed by atoms with Crippen LogP contribution < -0.4 is 21.3 Å². The third-order valence-corrected chi connectivity index (χ3v) is 15.8. The first-order chi connectivity index (χ1) is 36.8. The summed E-state index contributed by atoms with van der Waals surface area (Å²) < 4.78 is 4.67. The average molecular weight is 1120 g/mol. The predicted octanol–water partition coefficient (Wildman–Crippen LogP) is 0.155. The van der Waals surface area contributed by atoms with E-state index in [4.69, 9.17) is 4.74 Å². The van der Waals surface area contributed by atoms with Gasteiger partial charge in [-0.2, -0.15) is 0 Å². The van der Waals surface area contributed by atoms with Crippen molar-refractivity contribution in [2.75, 3.05) is 53.4 Å². The zero-order valence-electron chi connectivity index (χ0n) is 45.0. The summed E-state index contributed by atoms with van der Waals surface area (Å²) in [5.74, 6) is -11.1. The topological polar surface area (TPSA) is 333 Å². The van der Waals surface area contributed by atoms with Crippen LogP contribution in [-0.2, 0) is 43.1 Å². The van der Waals surface area contributed by atoms with E-state index in [0.29, 0.717) is 22.1 Å². The van der Waals surface area contributed by atoms with Crippen molar-refractivity contribution < 1.29 is 62.9 Å². The van der Waals surface area contributed by atoms with Crippen LogP contribution in [0.1, 0.15) is 62.5 Å². The lowest BCUT2D eigenvalue weighted by Crippen LogP contribution is -2.60. The lowest BCUT2D eigenvalue weighted by Gasteiger charge is -2.39. The van der Waals surface area contributed by atoms with Gasteiger partial charge in [0.2, 0.25) is 35.4 Å². The molecule has 0 unspecified atom stereocenters. The van der Waals surface area contributed by atoms with Crippen molar-refractivity contribution in [2.24, 2.45) is 11.8 Å². The number of ether oxygens (including phenoxy) is 1. The maximum atomic E-state index is 15.1. The number of rotatable bonds is 15. The lowest BCUT2D eigenvalue weighted by atomic mass is 10.0. The summed E-state index contributed by atoms with van der Waals surface area (Å²) in [7, 11) is 5.12. The van der Waals surface area contributed by atoms with Crippen LogP contribution in [0.4, 0.5) is 0 Å². The number of hydrogen-bond donors (Lipinski definition) is 6. The van der Waals surface area contributed by atoms with Gasteiger partial charge in [0, 0.05) is 33.9 Å². The maximum Gasteiger partial charge on any atom is 0.329 e. The number of cyclic esters (lactones) is 1. The second-order valence-electron chi connectivity index (χ2n) is 19.2. The number of carboxylic acid groups (broad SMARTS) is 1. The number of aliphatic hydroxyl groups excluding tert-OH is 1. The highest BCUT2D eigenvalue weighted by molar-refractivity contribution is 8.16. The molecule has 25 nitrogen and oxygen atoms in total. The third-order valence-electron chi connectivity index (χ3n) is 13.0. The number of hydrogen-bond acceptors (Lipinski definition) is 18. The number of aliphatic hydroxyl groups is 1. The molecule has 0 bridgehead atoms. The van der Waals surface area contributed by atoms with Crippen molar-refractivity contribution in [1.82, 2.24) is 60.8 Å². The zero-order valence-corrected chi connectivity index (χ0v) is 46.7. The molecule has 0 aliphatic carbocycles. The molecule has 4 aromatic rings. The first-order valence-corrected chi connectivity index (χ1v) is 27.0. The van der Waals surface area contributed by atoms with E-state index < -0.39 is 137 Å². The molecule has 6 N–H and O–H groups in total. The summed E-state index contributed by atoms with van der Waals surface area (Å²) in [5.41, 5.74) is 1.39. The molecule has 2 aromatic carbocycles. The van der Waals surface area contributed by atoms with E-state index in [1.165, 1.54) is 54.4 Å². The molecule has 2 aromatic heterocycles. The number of nitrogens with one attached hydrogen (secondary N) is 4. The van der Waals surface area contributed by atoms with Gasteiger partial charge in [-0.25, -0.2) is 19.6 Å². The first kappa shape index (κ1) is 61.3. The Balaban J connectivity index is 1.52. The number of para-hydroxylation sites is 4. The van der Waals surface area contributed by atoms with Crippen molar-refractivity contribution >= 4 is 105 Å². The molecule has 78 heavy (non-hydrogen) atoms. The molecule has 0 radical (unpaired) electrons. The number of carbonyl (C=O) groups is 10. The average Bonchev–Trinajstić information content (AvgIpc) is 3.42. The summed E-state index contributed by atoms with van der Waals surface area (Å²) >= 11 is 2.03. The fraction of sp³-hybridized carbons (Fsp3) is 0.490. The molecule has 1 aliphatic heterocycles. The molecule has 1 saturated heterocycles. The van der Waals surface area contributed by atoms with E-state index in [0.717, 1.165) is 43.1 Å². The van der Waals surface area contributed by atoms with E-state index in [9.17, 15) is 53.4 Å². The van der Waals surface area contributed by atoms with Gasteiger partial charge in [0.25, 0.3) is 11.8 Å². The van der Waals surface area contributed by atoms with E-state index in [1.807, 2.05) is 0 Å². The molecular weight excluding hydrogens is 1050 g/mol. The van der Waals surface area contributed by atoms with Gasteiger partial charge in [0.1, 0.15) is 66.3 Å². The summed E-state index contributed by atoms with van der Waals surface area (Å²) in [4.78, 5) is 162. The number of likely N-dealkylation sites (N-methyl/N-ethyl adjacent to an activating group) is 4. The summed E-state index contributed by atoms with van der Waals surface area (Å²) in [6.07, 6.45) is 3.99. The quantitative estimate of drug-likeness (QED) is 0.0863. The second kappa shape index (κ2) is 27.2. The molecule has 8 amide bonds. The van der Waals surface area contributed by atoms with Gasteiger partial charge < -0.3 is 55.8 Å². The van der Waals surface area contributed by atoms with Crippen LogP contribution in [0.5, 0.6) is 0 Å². The SMILES string of the molecule is CS[C@H]1SC[C@H](N(C)C(=O)[C@H](C)NC(=O)[C@@H](CO)NC(=O)c2cnc3ccccc3n2)C(=O)N(C)[C@@H](C(C)C)C(=O)OC[C@@H](NC(=O)c2cnc3ccccc3n2)C(=O)N[C@@H](C)C(=O)N(C)[C@@H]1C(=O)N(C)[C@H](C(=O)O)C(C)C. The monoisotopic (exact) mass is 1120 g/mol. The number of fused-ring (bicyclic) bond motifs is 2. The number of benzene rings is 2. The molecule has 420 valence electrons. The Kier molecular flexibility index (Phi) is 21.4.